The van der Waals surface area contributed by atoms with Gasteiger partial charge in [-0.15, -0.1) is 0 Å². The Labute approximate surface area is 887 Å². The Hall–Kier alpha value is -8.40. The summed E-state index contributed by atoms with van der Waals surface area (Å²) < 4.78 is 257. The smallest absolute Gasteiger partial charge is 0.323 e. The van der Waals surface area contributed by atoms with E-state index in [0.29, 0.717) is 95.7 Å². The second-order valence-corrected chi connectivity index (χ2v) is 48.7. The van der Waals surface area contributed by atoms with Crippen molar-refractivity contribution in [3.63, 3.8) is 0 Å². The van der Waals surface area contributed by atoms with Crippen molar-refractivity contribution in [3.8, 4) is 0 Å². The number of rotatable bonds is 68. The van der Waals surface area contributed by atoms with Gasteiger partial charge in [0.1, 0.15) is 43.4 Å². The third kappa shape index (κ3) is 91.1. The van der Waals surface area contributed by atoms with Crippen LogP contribution in [0.5, 0.6) is 0 Å². The number of carbonyl (C=O) groups excluding carboxylic acids is 7. The second-order valence-electron chi connectivity index (χ2n) is 36.1. The number of methoxy groups -OCH3 is 2. The van der Waals surface area contributed by atoms with Crippen LogP contribution >= 0.6 is 0 Å². The minimum Gasteiger partial charge on any atom is -0.480 e. The maximum atomic E-state index is 12.3. The summed E-state index contributed by atoms with van der Waals surface area (Å²) in [6.45, 7) is 26.3. The molecule has 0 spiro atoms. The molecule has 868 valence electrons. The molecule has 56 heteroatoms. The molecule has 0 radical (unpaired) electrons. The lowest BCUT2D eigenvalue weighted by molar-refractivity contribution is -0.149. The quantitative estimate of drug-likeness (QED) is 0.0121. The van der Waals surface area contributed by atoms with Crippen molar-refractivity contribution in [3.05, 3.63) is 144 Å². The Bertz CT molecular complexity index is 5300. The molecule has 4 aromatic rings. The molecule has 4 rings (SSSR count). The molecular formula is C94H167N11O37S8. The fourth-order valence-electron chi connectivity index (χ4n) is 12.9. The number of primary amides is 3. The minimum atomic E-state index is -3.97. The van der Waals surface area contributed by atoms with E-state index in [1.165, 1.54) is 14.2 Å². The molecule has 0 bridgehead atoms. The number of benzene rings is 4. The van der Waals surface area contributed by atoms with Crippen molar-refractivity contribution in [1.82, 2.24) is 42.5 Å². The summed E-state index contributed by atoms with van der Waals surface area (Å²) in [6.07, 6.45) is 6.91. The van der Waals surface area contributed by atoms with Gasteiger partial charge in [0.25, 0.3) is 80.9 Å². The molecule has 3 unspecified atom stereocenters. The lowest BCUT2D eigenvalue weighted by atomic mass is 9.99. The summed E-state index contributed by atoms with van der Waals surface area (Å²) in [5, 5.41) is 32.2. The van der Waals surface area contributed by atoms with E-state index in [1.54, 1.807) is 0 Å². The van der Waals surface area contributed by atoms with Gasteiger partial charge >= 0.3 is 29.8 Å². The van der Waals surface area contributed by atoms with Crippen LogP contribution in [0.3, 0.4) is 0 Å². The lowest BCUT2D eigenvalue weighted by Gasteiger charge is -2.22. The predicted molar refractivity (Wildman–Crippen MR) is 571 cm³/mol. The van der Waals surface area contributed by atoms with Crippen molar-refractivity contribution in [2.45, 2.75) is 247 Å². The number of carboxylic acids is 1. The highest BCUT2D eigenvalue weighted by Gasteiger charge is 2.30. The third-order valence-corrected chi connectivity index (χ3v) is 27.7. The number of nitrogens with two attached hydrogens (primary N) is 3. The van der Waals surface area contributed by atoms with Gasteiger partial charge in [0.2, 0.25) is 17.7 Å². The van der Waals surface area contributed by atoms with Crippen LogP contribution in [0, 0.1) is 35.5 Å². The second kappa shape index (κ2) is 81.3. The van der Waals surface area contributed by atoms with Crippen molar-refractivity contribution >= 4 is 129 Å². The average molecular weight is 2300 g/mol. The summed E-state index contributed by atoms with van der Waals surface area (Å²) in [4.78, 5) is 91.7. The molecule has 0 aliphatic rings. The first kappa shape index (κ1) is 148. The van der Waals surface area contributed by atoms with Gasteiger partial charge < -0.3 is 83.8 Å². The van der Waals surface area contributed by atoms with E-state index in [1.807, 2.05) is 204 Å². The first-order valence-corrected chi connectivity index (χ1v) is 61.6. The largest absolute Gasteiger partial charge is 0.480 e. The summed E-state index contributed by atoms with van der Waals surface area (Å²) >= 11 is 0. The first-order chi connectivity index (χ1) is 69.4. The van der Waals surface area contributed by atoms with Crippen LogP contribution in [0.4, 0.5) is 0 Å². The standard InChI is InChI=1S/2C16H25NO5S.2C12H18N2O4S.2C10H21NO5S.C9H20N2O4S.C9H19NO5S/c1-13(2)11-15(17-9-6-10-23(19,20)21)16(18)22-12-14-7-4-3-5-8-14;1-3-13(2)15(17-10-7-11-23(19,20)21)16(18)22-12-14-8-5-4-6-9-14;2*13-12(15)11(9-10-5-2-1-3-6-10)14-7-4-8-19(16,17)18;1-8(2)7-9(10(12)16-3)11-5-4-6-17(13,14)15;1-4-8(2)9(10(12)16-3)11-6-5-7-17(13,14)15;1-7(2)6-8(9(10)12)11-4-3-5-16(13,14)15;1-3-7(2)8(9(11)12)10-5-4-6-16(13,14)15/h3-5,7-8,13,15,17H,6,9-12H2,1-2H3,(H,19,20,21);4-6,8-9,13,15,17H,3,7,10-12H2,1-2H3,(H,19,20,21);2*1-3,5-6,11,14H,4,7-9H2,(H2,13,15)(H,16,17,18);2*8-9,11H,4-7H2,1-3H3,(H,13,14,15);7-8,11H,3-6H2,1-2H3,(H2,10,12)(H,13,14,15);7-8,10H,3-6H2,1-2H3,(H,11,12)(H,13,14,15)/t15-;13?,15-;2*11-;9-;8?,9-;8-;7?,8-/m00101010/s1. The SMILES string of the molecule is CC(C)C[C@@H](NCCCS(=O)(=O)O)C(N)=O.CC(C)C[C@H](NCCCS(=O)(=O)O)C(=O)OCc1ccccc1.CCC(C)[C@H](NCCCS(=O)(=O)O)C(=O)O.CCC(C)[C@H](NCCCS(=O)(=O)O)C(=O)OC.CCC(C)[C@H](NCCCS(=O)(=O)O)C(=O)OCc1ccccc1.COC(=O)[C@@H](CC(C)C)NCCCS(=O)(=O)O.NC(=O)[C@@H](Cc1ccccc1)NCCCS(=O)(=O)O.NC(=O)[C@H](Cc1ccccc1)NCCCS(=O)(=O)O. The lowest BCUT2D eigenvalue weighted by Crippen LogP contribution is -2.43. The molecule has 0 aliphatic heterocycles. The number of amides is 3. The van der Waals surface area contributed by atoms with E-state index in [-0.39, 0.29) is 159 Å². The topological polar surface area (TPSA) is 803 Å². The molecule has 11 atom stereocenters. The highest BCUT2D eigenvalue weighted by Crippen LogP contribution is 2.17. The summed E-state index contributed by atoms with van der Waals surface area (Å²) in [5.74, 6) is -5.31. The van der Waals surface area contributed by atoms with Crippen molar-refractivity contribution < 1.29 is 166 Å². The molecular weight excluding hydrogens is 2130 g/mol. The number of hydrogen-bond donors (Lipinski definition) is 20. The molecule has 150 heavy (non-hydrogen) atoms. The highest BCUT2D eigenvalue weighted by atomic mass is 32.2. The molecule has 3 amide bonds. The van der Waals surface area contributed by atoms with E-state index < -0.39 is 153 Å². The van der Waals surface area contributed by atoms with Gasteiger partial charge in [-0.25, -0.2) is 0 Å². The molecule has 4 aromatic carbocycles. The maximum absolute atomic E-state index is 12.3. The van der Waals surface area contributed by atoms with Gasteiger partial charge in [0, 0.05) is 0 Å². The molecule has 48 nitrogen and oxygen atoms in total. The Kier molecular flexibility index (Phi) is 80.1. The van der Waals surface area contributed by atoms with Gasteiger partial charge in [-0.3, -0.25) is 74.8 Å². The number of carbonyl (C=O) groups is 8. The zero-order chi connectivity index (χ0) is 116. The third-order valence-electron chi connectivity index (χ3n) is 21.2. The van der Waals surface area contributed by atoms with Gasteiger partial charge in [-0.05, 0) is 194 Å². The molecule has 0 saturated carbocycles. The zero-order valence-electron chi connectivity index (χ0n) is 88.1. The number of esters is 4. The van der Waals surface area contributed by atoms with Crippen LogP contribution in [-0.4, -0.2) is 317 Å². The van der Waals surface area contributed by atoms with Crippen LogP contribution in [-0.2, 0) is 164 Å². The normalized spacial score (nSPS) is 14.0. The Balaban J connectivity index is -0.000000815. The zero-order valence-corrected chi connectivity index (χ0v) is 94.7. The van der Waals surface area contributed by atoms with Crippen LogP contribution < -0.4 is 59.7 Å². The molecule has 0 aliphatic carbocycles. The Morgan fingerprint density at radius 1 is 0.273 bits per heavy atom. The Morgan fingerprint density at radius 2 is 0.473 bits per heavy atom. The van der Waals surface area contributed by atoms with E-state index >= 15 is 0 Å². The van der Waals surface area contributed by atoms with Gasteiger partial charge in [0.05, 0.1) is 78.4 Å². The van der Waals surface area contributed by atoms with Gasteiger partial charge in [-0.2, -0.15) is 67.3 Å². The van der Waals surface area contributed by atoms with E-state index in [4.69, 9.17) is 68.2 Å². The Morgan fingerprint density at radius 3 is 0.700 bits per heavy atom. The van der Waals surface area contributed by atoms with Crippen LogP contribution in [0.2, 0.25) is 0 Å². The number of ether oxygens (including phenoxy) is 4. The number of hydrogen-bond acceptors (Lipinski definition) is 36. The summed E-state index contributed by atoms with van der Waals surface area (Å²) in [5.41, 5.74) is 19.5. The monoisotopic (exact) mass is 2300 g/mol. The van der Waals surface area contributed by atoms with E-state index in [2.05, 4.69) is 52.0 Å². The van der Waals surface area contributed by atoms with Crippen molar-refractivity contribution in [1.29, 1.82) is 0 Å². The summed E-state index contributed by atoms with van der Waals surface area (Å²) in [7, 11) is -29.0. The van der Waals surface area contributed by atoms with Crippen LogP contribution in [0.25, 0.3) is 0 Å². The molecule has 0 saturated heterocycles. The van der Waals surface area contributed by atoms with Crippen molar-refractivity contribution in [2.75, 3.05) is 113 Å². The highest BCUT2D eigenvalue weighted by molar-refractivity contribution is 7.87. The maximum Gasteiger partial charge on any atom is 0.323 e. The molecule has 0 fully saturated rings. The van der Waals surface area contributed by atoms with Gasteiger partial charge in [0.15, 0.2) is 0 Å². The molecule has 23 N–H and O–H groups in total. The molecule has 0 aromatic heterocycles. The number of nitrogens with one attached hydrogen (secondary N) is 8. The van der Waals surface area contributed by atoms with Crippen molar-refractivity contribution in [2.24, 2.45) is 52.7 Å². The fourth-order valence-corrected chi connectivity index (χ4v) is 16.9. The van der Waals surface area contributed by atoms with E-state index in [0.717, 1.165) is 41.5 Å². The van der Waals surface area contributed by atoms with Gasteiger partial charge in [-0.1, -0.05) is 224 Å². The molecule has 0 heterocycles. The predicted octanol–water partition coefficient (Wildman–Crippen LogP) is 4.92. The summed E-state index contributed by atoms with van der Waals surface area (Å²) in [6, 6.07) is 33.5. The number of carboxylic acid groups (broad SMARTS) is 1. The first-order valence-electron chi connectivity index (χ1n) is 48.7. The number of aliphatic carboxylic acids is 1. The van der Waals surface area contributed by atoms with E-state index in [9.17, 15) is 106 Å². The fraction of sp³-hybridized carbons (Fsp3) is 0.660. The van der Waals surface area contributed by atoms with Crippen LogP contribution in [0.1, 0.15) is 195 Å². The minimum absolute atomic E-state index is 0.0248. The average Bonchev–Trinajstić information content (AvgIpc) is 0.904. The van der Waals surface area contributed by atoms with Crippen LogP contribution in [0.15, 0.2) is 121 Å².